The Labute approximate surface area is 130 Å². The van der Waals surface area contributed by atoms with Gasteiger partial charge >= 0.3 is 0 Å². The summed E-state index contributed by atoms with van der Waals surface area (Å²) in [6.07, 6.45) is 2.44. The van der Waals surface area contributed by atoms with Gasteiger partial charge in [-0.15, -0.1) is 27.8 Å². The van der Waals surface area contributed by atoms with Crippen molar-refractivity contribution in [1.82, 2.24) is 15.1 Å². The molecule has 2 N–H and O–H groups in total. The lowest BCUT2D eigenvalue weighted by Gasteiger charge is -2.16. The number of nitrogens with zero attached hydrogens (tertiary/aromatic N) is 3. The average Bonchev–Trinajstić information content (AvgIpc) is 3.13. The molecule has 0 fully saturated rings. The maximum atomic E-state index is 12.5. The molecular weight excluding hydrogens is 304 g/mol. The van der Waals surface area contributed by atoms with Crippen molar-refractivity contribution in [3.8, 4) is 0 Å². The second kappa shape index (κ2) is 5.79. The van der Waals surface area contributed by atoms with Gasteiger partial charge in [0.05, 0.1) is 11.9 Å². The van der Waals surface area contributed by atoms with E-state index in [0.717, 1.165) is 11.8 Å². The zero-order valence-electron chi connectivity index (χ0n) is 11.4. The fraction of sp³-hybridized carbons (Fsp3) is 0.214. The van der Waals surface area contributed by atoms with Crippen molar-refractivity contribution in [2.24, 2.45) is 0 Å². The first kappa shape index (κ1) is 14.0. The largest absolute Gasteiger partial charge is 0.397 e. The standard InChI is InChI=1S/C14H14N4OS2/c1-18(7-5-9-3-2-8-20-9)14(19)12-11(15)10-4-6-16-17-13(10)21-12/h2-4,6,8H,5,7,15H2,1H3. The van der Waals surface area contributed by atoms with E-state index in [0.29, 0.717) is 21.9 Å². The van der Waals surface area contributed by atoms with E-state index in [1.807, 2.05) is 11.4 Å². The molecule has 0 unspecified atom stereocenters. The van der Waals surface area contributed by atoms with Gasteiger partial charge in [-0.2, -0.15) is 5.10 Å². The van der Waals surface area contributed by atoms with Crippen LogP contribution in [0, 0.1) is 0 Å². The van der Waals surface area contributed by atoms with E-state index in [9.17, 15) is 4.79 Å². The normalized spacial score (nSPS) is 10.9. The van der Waals surface area contributed by atoms with Gasteiger partial charge in [-0.1, -0.05) is 6.07 Å². The lowest BCUT2D eigenvalue weighted by atomic mass is 10.2. The predicted octanol–water partition coefficient (Wildman–Crippen LogP) is 2.65. The third-order valence-electron chi connectivity index (χ3n) is 3.24. The van der Waals surface area contributed by atoms with Crippen LogP contribution in [-0.2, 0) is 6.42 Å². The van der Waals surface area contributed by atoms with E-state index >= 15 is 0 Å². The zero-order chi connectivity index (χ0) is 14.8. The Balaban J connectivity index is 1.78. The summed E-state index contributed by atoms with van der Waals surface area (Å²) in [5.41, 5.74) is 6.56. The van der Waals surface area contributed by atoms with Crippen LogP contribution in [0.25, 0.3) is 10.2 Å². The van der Waals surface area contributed by atoms with Gasteiger partial charge in [-0.25, -0.2) is 0 Å². The molecule has 0 aromatic carbocycles. The highest BCUT2D eigenvalue weighted by molar-refractivity contribution is 7.21. The van der Waals surface area contributed by atoms with Gasteiger partial charge in [-0.05, 0) is 23.9 Å². The van der Waals surface area contributed by atoms with Crippen LogP contribution in [0.4, 0.5) is 5.69 Å². The molecular formula is C14H14N4OS2. The van der Waals surface area contributed by atoms with Crippen LogP contribution in [-0.4, -0.2) is 34.6 Å². The Morgan fingerprint density at radius 1 is 1.43 bits per heavy atom. The van der Waals surface area contributed by atoms with E-state index in [1.54, 1.807) is 35.5 Å². The van der Waals surface area contributed by atoms with Crippen molar-refractivity contribution >= 4 is 44.5 Å². The van der Waals surface area contributed by atoms with Crippen LogP contribution in [0.5, 0.6) is 0 Å². The maximum absolute atomic E-state index is 12.5. The Morgan fingerprint density at radius 3 is 3.00 bits per heavy atom. The molecule has 0 spiro atoms. The number of aromatic nitrogens is 2. The van der Waals surface area contributed by atoms with E-state index < -0.39 is 0 Å². The molecule has 5 nitrogen and oxygen atoms in total. The van der Waals surface area contributed by atoms with E-state index in [-0.39, 0.29) is 5.91 Å². The third-order valence-corrected chi connectivity index (χ3v) is 5.26. The van der Waals surface area contributed by atoms with Crippen LogP contribution in [0.15, 0.2) is 29.8 Å². The zero-order valence-corrected chi connectivity index (χ0v) is 13.1. The number of carbonyl (C=O) groups is 1. The molecule has 3 aromatic heterocycles. The van der Waals surface area contributed by atoms with Crippen molar-refractivity contribution in [3.05, 3.63) is 39.5 Å². The van der Waals surface area contributed by atoms with E-state index in [4.69, 9.17) is 5.73 Å². The summed E-state index contributed by atoms with van der Waals surface area (Å²) in [7, 11) is 1.80. The number of likely N-dealkylation sites (N-methyl/N-ethyl adjacent to an activating group) is 1. The van der Waals surface area contributed by atoms with Crippen LogP contribution in [0.1, 0.15) is 14.5 Å². The molecule has 0 atom stereocenters. The maximum Gasteiger partial charge on any atom is 0.265 e. The molecule has 0 bridgehead atoms. The third kappa shape index (κ3) is 2.74. The van der Waals surface area contributed by atoms with Gasteiger partial charge in [0.15, 0.2) is 0 Å². The number of thiophene rings is 2. The first-order valence-electron chi connectivity index (χ1n) is 6.44. The topological polar surface area (TPSA) is 72.1 Å². The molecule has 21 heavy (non-hydrogen) atoms. The predicted molar refractivity (Wildman–Crippen MR) is 86.8 cm³/mol. The minimum Gasteiger partial charge on any atom is -0.397 e. The summed E-state index contributed by atoms with van der Waals surface area (Å²) in [5.74, 6) is -0.0629. The molecule has 0 aliphatic carbocycles. The highest BCUT2D eigenvalue weighted by Crippen LogP contribution is 2.32. The summed E-state index contributed by atoms with van der Waals surface area (Å²) < 4.78 is 0. The van der Waals surface area contributed by atoms with Crippen molar-refractivity contribution in [3.63, 3.8) is 0 Å². The summed E-state index contributed by atoms with van der Waals surface area (Å²) in [6, 6.07) is 5.88. The van der Waals surface area contributed by atoms with Crippen molar-refractivity contribution < 1.29 is 4.79 Å². The first-order chi connectivity index (χ1) is 10.2. The fourth-order valence-corrected chi connectivity index (χ4v) is 3.77. The summed E-state index contributed by atoms with van der Waals surface area (Å²) >= 11 is 3.00. The summed E-state index contributed by atoms with van der Waals surface area (Å²) in [4.78, 5) is 16.7. The van der Waals surface area contributed by atoms with Crippen molar-refractivity contribution in [1.29, 1.82) is 0 Å². The van der Waals surface area contributed by atoms with E-state index in [2.05, 4.69) is 16.3 Å². The molecule has 0 saturated carbocycles. The number of nitrogens with two attached hydrogens (primary N) is 1. The minimum atomic E-state index is -0.0629. The Morgan fingerprint density at radius 2 is 2.29 bits per heavy atom. The number of hydrogen-bond acceptors (Lipinski definition) is 6. The van der Waals surface area contributed by atoms with E-state index in [1.165, 1.54) is 16.2 Å². The number of amides is 1. The second-order valence-electron chi connectivity index (χ2n) is 4.65. The lowest BCUT2D eigenvalue weighted by Crippen LogP contribution is -2.28. The van der Waals surface area contributed by atoms with Crippen molar-refractivity contribution in [2.75, 3.05) is 19.3 Å². The van der Waals surface area contributed by atoms with Crippen LogP contribution >= 0.6 is 22.7 Å². The Hall–Kier alpha value is -1.99. The number of fused-ring (bicyclic) bond motifs is 1. The van der Waals surface area contributed by atoms with Gasteiger partial charge < -0.3 is 10.6 Å². The lowest BCUT2D eigenvalue weighted by molar-refractivity contribution is 0.0802. The van der Waals surface area contributed by atoms with Gasteiger partial charge in [0.2, 0.25) is 0 Å². The van der Waals surface area contributed by atoms with Crippen LogP contribution in [0.2, 0.25) is 0 Å². The monoisotopic (exact) mass is 318 g/mol. The number of rotatable bonds is 4. The van der Waals surface area contributed by atoms with Gasteiger partial charge in [0, 0.05) is 23.9 Å². The second-order valence-corrected chi connectivity index (χ2v) is 6.68. The number of hydrogen-bond donors (Lipinski definition) is 1. The van der Waals surface area contributed by atoms with Gasteiger partial charge in [-0.3, -0.25) is 4.79 Å². The SMILES string of the molecule is CN(CCc1cccs1)C(=O)c1sc2nnccc2c1N. The fourth-order valence-electron chi connectivity index (χ4n) is 2.04. The highest BCUT2D eigenvalue weighted by Gasteiger charge is 2.20. The molecule has 108 valence electrons. The number of nitrogen functional groups attached to an aromatic ring is 1. The van der Waals surface area contributed by atoms with Crippen LogP contribution < -0.4 is 5.73 Å². The molecule has 1 amide bonds. The number of anilines is 1. The molecule has 3 heterocycles. The highest BCUT2D eigenvalue weighted by atomic mass is 32.1. The molecule has 0 radical (unpaired) electrons. The molecule has 0 saturated heterocycles. The van der Waals surface area contributed by atoms with Gasteiger partial charge in [0.25, 0.3) is 5.91 Å². The van der Waals surface area contributed by atoms with Crippen molar-refractivity contribution in [2.45, 2.75) is 6.42 Å². The quantitative estimate of drug-likeness (QED) is 0.802. The molecule has 7 heteroatoms. The Bertz CT molecular complexity index is 766. The summed E-state index contributed by atoms with van der Waals surface area (Å²) in [6.45, 7) is 0.665. The molecule has 3 rings (SSSR count). The van der Waals surface area contributed by atoms with Gasteiger partial charge in [0.1, 0.15) is 9.71 Å². The first-order valence-corrected chi connectivity index (χ1v) is 8.14. The average molecular weight is 318 g/mol. The Kier molecular flexibility index (Phi) is 3.85. The van der Waals surface area contributed by atoms with Crippen LogP contribution in [0.3, 0.4) is 0 Å². The molecule has 3 aromatic rings. The smallest absolute Gasteiger partial charge is 0.265 e. The summed E-state index contributed by atoms with van der Waals surface area (Å²) in [5, 5.41) is 10.7. The molecule has 0 aliphatic rings. The minimum absolute atomic E-state index is 0.0629. The number of carbonyl (C=O) groups excluding carboxylic acids is 1. The molecule has 0 aliphatic heterocycles.